The quantitative estimate of drug-likeness (QED) is 0.773. The molecule has 110 valence electrons. The van der Waals surface area contributed by atoms with Crippen molar-refractivity contribution in [1.82, 2.24) is 0 Å². The van der Waals surface area contributed by atoms with Crippen molar-refractivity contribution in [3.63, 3.8) is 0 Å². The SMILES string of the molecule is CCCCC(=O)N(C)c1ccc(Oc2ccccc2)cc1. The van der Waals surface area contributed by atoms with E-state index in [2.05, 4.69) is 6.92 Å². The Morgan fingerprint density at radius 2 is 1.62 bits per heavy atom. The lowest BCUT2D eigenvalue weighted by Crippen LogP contribution is -2.25. The summed E-state index contributed by atoms with van der Waals surface area (Å²) in [5.74, 6) is 1.71. The van der Waals surface area contributed by atoms with E-state index in [0.29, 0.717) is 6.42 Å². The highest BCUT2D eigenvalue weighted by atomic mass is 16.5. The number of carbonyl (C=O) groups excluding carboxylic acids is 1. The van der Waals surface area contributed by atoms with Gasteiger partial charge in [0.05, 0.1) is 0 Å². The number of carbonyl (C=O) groups is 1. The summed E-state index contributed by atoms with van der Waals surface area (Å²) in [4.78, 5) is 13.7. The Labute approximate surface area is 126 Å². The molecule has 0 heterocycles. The second-order valence-corrected chi connectivity index (χ2v) is 4.97. The molecule has 3 heteroatoms. The predicted octanol–water partition coefficient (Wildman–Crippen LogP) is 4.63. The van der Waals surface area contributed by atoms with E-state index in [0.717, 1.165) is 30.0 Å². The zero-order valence-electron chi connectivity index (χ0n) is 12.6. The number of anilines is 1. The lowest BCUT2D eigenvalue weighted by molar-refractivity contribution is -0.118. The summed E-state index contributed by atoms with van der Waals surface area (Å²) in [6, 6.07) is 17.2. The number of benzene rings is 2. The summed E-state index contributed by atoms with van der Waals surface area (Å²) in [5, 5.41) is 0. The summed E-state index contributed by atoms with van der Waals surface area (Å²) < 4.78 is 5.74. The van der Waals surface area contributed by atoms with Crippen LogP contribution in [0.1, 0.15) is 26.2 Å². The van der Waals surface area contributed by atoms with Crippen molar-refractivity contribution in [2.75, 3.05) is 11.9 Å². The molecule has 0 spiro atoms. The first-order chi connectivity index (χ1) is 10.2. The molecule has 0 aliphatic heterocycles. The summed E-state index contributed by atoms with van der Waals surface area (Å²) in [6.45, 7) is 2.09. The van der Waals surface area contributed by atoms with Crippen molar-refractivity contribution >= 4 is 11.6 Å². The van der Waals surface area contributed by atoms with Crippen molar-refractivity contribution in [3.05, 3.63) is 54.6 Å². The maximum Gasteiger partial charge on any atom is 0.226 e. The number of amides is 1. The third kappa shape index (κ3) is 4.35. The third-order valence-corrected chi connectivity index (χ3v) is 3.32. The minimum Gasteiger partial charge on any atom is -0.457 e. The van der Waals surface area contributed by atoms with Gasteiger partial charge in [0.25, 0.3) is 0 Å². The van der Waals surface area contributed by atoms with Gasteiger partial charge in [0.1, 0.15) is 11.5 Å². The van der Waals surface area contributed by atoms with E-state index >= 15 is 0 Å². The van der Waals surface area contributed by atoms with Crippen LogP contribution in [0.5, 0.6) is 11.5 Å². The number of rotatable bonds is 6. The topological polar surface area (TPSA) is 29.5 Å². The number of nitrogens with zero attached hydrogens (tertiary/aromatic N) is 1. The summed E-state index contributed by atoms with van der Waals surface area (Å²) in [6.07, 6.45) is 2.55. The number of para-hydroxylation sites is 1. The minimum absolute atomic E-state index is 0.147. The van der Waals surface area contributed by atoms with Gasteiger partial charge in [-0.2, -0.15) is 0 Å². The van der Waals surface area contributed by atoms with E-state index in [1.807, 2.05) is 61.6 Å². The molecule has 0 saturated heterocycles. The van der Waals surface area contributed by atoms with Crippen LogP contribution < -0.4 is 9.64 Å². The van der Waals surface area contributed by atoms with E-state index in [9.17, 15) is 4.79 Å². The first-order valence-electron chi connectivity index (χ1n) is 7.30. The highest BCUT2D eigenvalue weighted by Gasteiger charge is 2.10. The fourth-order valence-electron chi connectivity index (χ4n) is 2.00. The van der Waals surface area contributed by atoms with Gasteiger partial charge in [-0.1, -0.05) is 31.5 Å². The zero-order chi connectivity index (χ0) is 15.1. The molecule has 0 N–H and O–H groups in total. The molecule has 21 heavy (non-hydrogen) atoms. The van der Waals surface area contributed by atoms with E-state index in [4.69, 9.17) is 4.74 Å². The smallest absolute Gasteiger partial charge is 0.226 e. The fraction of sp³-hybridized carbons (Fsp3) is 0.278. The van der Waals surface area contributed by atoms with Crippen molar-refractivity contribution in [1.29, 1.82) is 0 Å². The fourth-order valence-corrected chi connectivity index (χ4v) is 2.00. The predicted molar refractivity (Wildman–Crippen MR) is 85.9 cm³/mol. The highest BCUT2D eigenvalue weighted by molar-refractivity contribution is 5.92. The van der Waals surface area contributed by atoms with Crippen molar-refractivity contribution < 1.29 is 9.53 Å². The molecule has 0 fully saturated rings. The Morgan fingerprint density at radius 3 is 2.24 bits per heavy atom. The molecule has 0 bridgehead atoms. The first-order valence-corrected chi connectivity index (χ1v) is 7.30. The van der Waals surface area contributed by atoms with Gasteiger partial charge in [-0.3, -0.25) is 4.79 Å². The number of hydrogen-bond acceptors (Lipinski definition) is 2. The summed E-state index contributed by atoms with van der Waals surface area (Å²) >= 11 is 0. The molecule has 0 aliphatic carbocycles. The summed E-state index contributed by atoms with van der Waals surface area (Å²) in [5.41, 5.74) is 0.886. The van der Waals surface area contributed by atoms with E-state index in [1.54, 1.807) is 4.90 Å². The highest BCUT2D eigenvalue weighted by Crippen LogP contribution is 2.24. The van der Waals surface area contributed by atoms with Gasteiger partial charge in [0.15, 0.2) is 0 Å². The monoisotopic (exact) mass is 283 g/mol. The van der Waals surface area contributed by atoms with Gasteiger partial charge in [0, 0.05) is 19.2 Å². The number of hydrogen-bond donors (Lipinski definition) is 0. The number of unbranched alkanes of at least 4 members (excludes halogenated alkanes) is 1. The van der Waals surface area contributed by atoms with Crippen LogP contribution in [-0.4, -0.2) is 13.0 Å². The van der Waals surface area contributed by atoms with Gasteiger partial charge in [-0.25, -0.2) is 0 Å². The second kappa shape index (κ2) is 7.48. The molecule has 3 nitrogen and oxygen atoms in total. The van der Waals surface area contributed by atoms with E-state index in [1.165, 1.54) is 0 Å². The Balaban J connectivity index is 2.00. The van der Waals surface area contributed by atoms with Crippen molar-refractivity contribution in [2.45, 2.75) is 26.2 Å². The zero-order valence-corrected chi connectivity index (χ0v) is 12.6. The Morgan fingerprint density at radius 1 is 1.00 bits per heavy atom. The van der Waals surface area contributed by atoms with Crippen LogP contribution in [0.15, 0.2) is 54.6 Å². The van der Waals surface area contributed by atoms with E-state index in [-0.39, 0.29) is 5.91 Å². The number of ether oxygens (including phenoxy) is 1. The minimum atomic E-state index is 0.147. The molecule has 0 radical (unpaired) electrons. The van der Waals surface area contributed by atoms with Gasteiger partial charge < -0.3 is 9.64 Å². The van der Waals surface area contributed by atoms with Crippen LogP contribution in [0.2, 0.25) is 0 Å². The average molecular weight is 283 g/mol. The normalized spacial score (nSPS) is 10.2. The Hall–Kier alpha value is -2.29. The van der Waals surface area contributed by atoms with Crippen LogP contribution in [0.3, 0.4) is 0 Å². The van der Waals surface area contributed by atoms with Gasteiger partial charge in [0.2, 0.25) is 5.91 Å². The molecule has 1 amide bonds. The van der Waals surface area contributed by atoms with Crippen LogP contribution in [0, 0.1) is 0 Å². The first kappa shape index (κ1) is 15.1. The molecule has 2 aromatic carbocycles. The average Bonchev–Trinajstić information content (AvgIpc) is 2.53. The lowest BCUT2D eigenvalue weighted by Gasteiger charge is -2.17. The molecule has 0 atom stereocenters. The molecular weight excluding hydrogens is 262 g/mol. The maximum absolute atomic E-state index is 12.0. The molecule has 0 unspecified atom stereocenters. The molecule has 2 rings (SSSR count). The van der Waals surface area contributed by atoms with Crippen LogP contribution in [0.25, 0.3) is 0 Å². The van der Waals surface area contributed by atoms with E-state index < -0.39 is 0 Å². The molecule has 0 aromatic heterocycles. The Bertz CT molecular complexity index is 564. The van der Waals surface area contributed by atoms with Gasteiger partial charge in [-0.15, -0.1) is 0 Å². The van der Waals surface area contributed by atoms with Crippen LogP contribution in [-0.2, 0) is 4.79 Å². The third-order valence-electron chi connectivity index (χ3n) is 3.32. The van der Waals surface area contributed by atoms with Crippen LogP contribution >= 0.6 is 0 Å². The van der Waals surface area contributed by atoms with Crippen molar-refractivity contribution in [3.8, 4) is 11.5 Å². The standard InChI is InChI=1S/C18H21NO2/c1-3-4-10-18(20)19(2)15-11-13-17(14-12-15)21-16-8-6-5-7-9-16/h5-9,11-14H,3-4,10H2,1-2H3. The molecular formula is C18H21NO2. The molecule has 0 aliphatic rings. The lowest BCUT2D eigenvalue weighted by atomic mass is 10.2. The van der Waals surface area contributed by atoms with Gasteiger partial charge >= 0.3 is 0 Å². The maximum atomic E-state index is 12.0. The second-order valence-electron chi connectivity index (χ2n) is 4.97. The molecule has 0 saturated carbocycles. The summed E-state index contributed by atoms with van der Waals surface area (Å²) in [7, 11) is 1.81. The van der Waals surface area contributed by atoms with Gasteiger partial charge in [-0.05, 0) is 42.8 Å². The molecule has 2 aromatic rings. The largest absolute Gasteiger partial charge is 0.457 e. The Kier molecular flexibility index (Phi) is 5.38. The van der Waals surface area contributed by atoms with Crippen LogP contribution in [0.4, 0.5) is 5.69 Å². The van der Waals surface area contributed by atoms with Crippen molar-refractivity contribution in [2.24, 2.45) is 0 Å².